The zero-order chi connectivity index (χ0) is 14.6. The van der Waals surface area contributed by atoms with Gasteiger partial charge >= 0.3 is 0 Å². The minimum Gasteiger partial charge on any atom is -0.331 e. The second kappa shape index (κ2) is 4.15. The number of hydrogen-bond donors (Lipinski definition) is 0. The molecule has 0 aliphatic carbocycles. The summed E-state index contributed by atoms with van der Waals surface area (Å²) in [7, 11) is 2.00. The molecule has 4 rings (SSSR count). The fourth-order valence-corrected chi connectivity index (χ4v) is 2.58. The second-order valence-electron chi connectivity index (χ2n) is 5.16. The van der Waals surface area contributed by atoms with Crippen LogP contribution in [0, 0.1) is 12.7 Å². The van der Waals surface area contributed by atoms with E-state index in [0.717, 1.165) is 33.8 Å². The predicted octanol–water partition coefficient (Wildman–Crippen LogP) is 3.34. The fraction of sp³-hybridized carbons (Fsp3) is 0.125. The van der Waals surface area contributed by atoms with Crippen LogP contribution in [0.25, 0.3) is 27.9 Å². The first-order valence-corrected chi connectivity index (χ1v) is 6.69. The molecule has 0 amide bonds. The summed E-state index contributed by atoms with van der Waals surface area (Å²) in [6.07, 6.45) is 3.25. The van der Waals surface area contributed by atoms with E-state index in [2.05, 4.69) is 14.5 Å². The number of fused-ring (bicyclic) bond motifs is 2. The minimum absolute atomic E-state index is 0.276. The Morgan fingerprint density at radius 2 is 1.90 bits per heavy atom. The lowest BCUT2D eigenvalue weighted by molar-refractivity contribution is 0.619. The Kier molecular flexibility index (Phi) is 2.39. The highest BCUT2D eigenvalue weighted by Gasteiger charge is 2.09. The number of aryl methyl sites for hydroxylation is 2. The van der Waals surface area contributed by atoms with Crippen LogP contribution in [0.15, 0.2) is 42.7 Å². The lowest BCUT2D eigenvalue weighted by Gasteiger charge is -1.98. The third-order valence-corrected chi connectivity index (χ3v) is 3.82. The molecule has 3 aromatic heterocycles. The molecule has 0 fully saturated rings. The lowest BCUT2D eigenvalue weighted by atomic mass is 10.1. The van der Waals surface area contributed by atoms with Gasteiger partial charge in [-0.1, -0.05) is 6.07 Å². The Morgan fingerprint density at radius 3 is 2.76 bits per heavy atom. The van der Waals surface area contributed by atoms with Crippen molar-refractivity contribution in [2.24, 2.45) is 7.05 Å². The number of benzene rings is 1. The molecule has 0 aliphatic rings. The number of aromatic nitrogens is 4. The molecule has 0 spiro atoms. The van der Waals surface area contributed by atoms with Crippen molar-refractivity contribution in [1.82, 2.24) is 18.9 Å². The van der Waals surface area contributed by atoms with Crippen molar-refractivity contribution in [2.45, 2.75) is 6.92 Å². The van der Waals surface area contributed by atoms with E-state index in [4.69, 9.17) is 0 Å². The average molecular weight is 280 g/mol. The van der Waals surface area contributed by atoms with Crippen molar-refractivity contribution in [1.29, 1.82) is 0 Å². The SMILES string of the molecule is Cc1nc2cc(-c3cn4cc(F)ccc4n3)ccc2n1C. The largest absolute Gasteiger partial charge is 0.331 e. The molecule has 3 heterocycles. The van der Waals surface area contributed by atoms with Crippen molar-refractivity contribution in [2.75, 3.05) is 0 Å². The molecular weight excluding hydrogens is 267 g/mol. The molecule has 0 N–H and O–H groups in total. The van der Waals surface area contributed by atoms with E-state index in [9.17, 15) is 4.39 Å². The highest BCUT2D eigenvalue weighted by molar-refractivity contribution is 5.82. The minimum atomic E-state index is -0.276. The third kappa shape index (κ3) is 1.81. The molecule has 0 saturated heterocycles. The van der Waals surface area contributed by atoms with Gasteiger partial charge in [0.2, 0.25) is 0 Å². The Labute approximate surface area is 120 Å². The first-order chi connectivity index (χ1) is 10.1. The Morgan fingerprint density at radius 1 is 1.05 bits per heavy atom. The molecule has 4 aromatic rings. The van der Waals surface area contributed by atoms with Gasteiger partial charge in [0.15, 0.2) is 0 Å². The van der Waals surface area contributed by atoms with Crippen LogP contribution in [-0.4, -0.2) is 18.9 Å². The Balaban J connectivity index is 1.91. The average Bonchev–Trinajstić information content (AvgIpc) is 3.00. The first kappa shape index (κ1) is 12.1. The van der Waals surface area contributed by atoms with Gasteiger partial charge in [-0.25, -0.2) is 14.4 Å². The maximum Gasteiger partial charge on any atom is 0.139 e. The number of hydrogen-bond acceptors (Lipinski definition) is 2. The van der Waals surface area contributed by atoms with Gasteiger partial charge in [-0.15, -0.1) is 0 Å². The molecule has 0 atom stereocenters. The lowest BCUT2D eigenvalue weighted by Crippen LogP contribution is -1.89. The quantitative estimate of drug-likeness (QED) is 0.536. The summed E-state index contributed by atoms with van der Waals surface area (Å²) in [6.45, 7) is 1.98. The van der Waals surface area contributed by atoms with E-state index in [1.54, 1.807) is 10.5 Å². The number of rotatable bonds is 1. The predicted molar refractivity (Wildman–Crippen MR) is 79.6 cm³/mol. The van der Waals surface area contributed by atoms with Crippen molar-refractivity contribution >= 4 is 16.7 Å². The van der Waals surface area contributed by atoms with Crippen LogP contribution in [0.2, 0.25) is 0 Å². The van der Waals surface area contributed by atoms with Crippen molar-refractivity contribution < 1.29 is 4.39 Å². The fourth-order valence-electron chi connectivity index (χ4n) is 2.58. The Hall–Kier alpha value is -2.69. The number of imidazole rings is 2. The maximum atomic E-state index is 13.2. The van der Waals surface area contributed by atoms with Gasteiger partial charge in [0, 0.05) is 25.0 Å². The van der Waals surface area contributed by atoms with Gasteiger partial charge in [-0.2, -0.15) is 0 Å². The molecule has 0 bridgehead atoms. The van der Waals surface area contributed by atoms with Crippen LogP contribution in [-0.2, 0) is 7.05 Å². The van der Waals surface area contributed by atoms with E-state index in [1.165, 1.54) is 12.3 Å². The van der Waals surface area contributed by atoms with Gasteiger partial charge < -0.3 is 8.97 Å². The number of nitrogens with zero attached hydrogens (tertiary/aromatic N) is 4. The smallest absolute Gasteiger partial charge is 0.139 e. The summed E-state index contributed by atoms with van der Waals surface area (Å²) in [5, 5.41) is 0. The number of pyridine rings is 1. The molecule has 104 valence electrons. The van der Waals surface area contributed by atoms with Crippen LogP contribution in [0.5, 0.6) is 0 Å². The highest BCUT2D eigenvalue weighted by atomic mass is 19.1. The normalized spacial score (nSPS) is 11.6. The van der Waals surface area contributed by atoms with Gasteiger partial charge in [-0.05, 0) is 31.2 Å². The summed E-state index contributed by atoms with van der Waals surface area (Å²) >= 11 is 0. The van der Waals surface area contributed by atoms with Crippen molar-refractivity contribution in [3.8, 4) is 11.3 Å². The van der Waals surface area contributed by atoms with Crippen LogP contribution >= 0.6 is 0 Å². The van der Waals surface area contributed by atoms with E-state index >= 15 is 0 Å². The van der Waals surface area contributed by atoms with Gasteiger partial charge in [0.1, 0.15) is 17.3 Å². The van der Waals surface area contributed by atoms with Gasteiger partial charge in [0.25, 0.3) is 0 Å². The monoisotopic (exact) mass is 280 g/mol. The van der Waals surface area contributed by atoms with Crippen molar-refractivity contribution in [3.05, 3.63) is 54.4 Å². The standard InChI is InChI=1S/C16H13FN4/c1-10-18-13-7-11(3-5-15(13)20(10)2)14-9-21-8-12(17)4-6-16(21)19-14/h3-9H,1-2H3. The number of halogens is 1. The van der Waals surface area contributed by atoms with Gasteiger partial charge in [0.05, 0.1) is 16.7 Å². The molecule has 0 unspecified atom stereocenters. The van der Waals surface area contributed by atoms with E-state index < -0.39 is 0 Å². The molecule has 0 radical (unpaired) electrons. The molecule has 0 saturated carbocycles. The molecule has 4 nitrogen and oxygen atoms in total. The zero-order valence-corrected chi connectivity index (χ0v) is 11.7. The van der Waals surface area contributed by atoms with Crippen LogP contribution in [0.3, 0.4) is 0 Å². The molecular formula is C16H13FN4. The summed E-state index contributed by atoms with van der Waals surface area (Å²) in [4.78, 5) is 9.06. The maximum absolute atomic E-state index is 13.2. The highest BCUT2D eigenvalue weighted by Crippen LogP contribution is 2.24. The zero-order valence-electron chi connectivity index (χ0n) is 11.7. The first-order valence-electron chi connectivity index (χ1n) is 6.69. The van der Waals surface area contributed by atoms with Crippen molar-refractivity contribution in [3.63, 3.8) is 0 Å². The topological polar surface area (TPSA) is 35.1 Å². The summed E-state index contributed by atoms with van der Waals surface area (Å²) in [5.41, 5.74) is 4.54. The van der Waals surface area contributed by atoms with Crippen LogP contribution < -0.4 is 0 Å². The van der Waals surface area contributed by atoms with E-state index in [1.807, 2.05) is 38.4 Å². The third-order valence-electron chi connectivity index (χ3n) is 3.82. The Bertz CT molecular complexity index is 981. The molecule has 21 heavy (non-hydrogen) atoms. The van der Waals surface area contributed by atoms with E-state index in [0.29, 0.717) is 0 Å². The molecule has 1 aromatic carbocycles. The van der Waals surface area contributed by atoms with Crippen LogP contribution in [0.4, 0.5) is 4.39 Å². The summed E-state index contributed by atoms with van der Waals surface area (Å²) in [5.74, 6) is 0.696. The summed E-state index contributed by atoms with van der Waals surface area (Å²) in [6, 6.07) is 9.15. The van der Waals surface area contributed by atoms with E-state index in [-0.39, 0.29) is 5.82 Å². The molecule has 0 aliphatic heterocycles. The second-order valence-corrected chi connectivity index (χ2v) is 5.16. The molecule has 5 heteroatoms. The summed E-state index contributed by atoms with van der Waals surface area (Å²) < 4.78 is 17.0. The van der Waals surface area contributed by atoms with Gasteiger partial charge in [-0.3, -0.25) is 0 Å². The van der Waals surface area contributed by atoms with Crippen LogP contribution in [0.1, 0.15) is 5.82 Å².